The van der Waals surface area contributed by atoms with Crippen LogP contribution in [0, 0.1) is 5.92 Å². The molecule has 0 radical (unpaired) electrons. The van der Waals surface area contributed by atoms with Gasteiger partial charge >= 0.3 is 0 Å². The van der Waals surface area contributed by atoms with E-state index < -0.39 is 0 Å². The molecule has 0 bridgehead atoms. The van der Waals surface area contributed by atoms with Gasteiger partial charge in [0.25, 0.3) is 0 Å². The molecule has 1 aliphatic carbocycles. The Balaban J connectivity index is 1.40. The third-order valence-corrected chi connectivity index (χ3v) is 5.16. The predicted molar refractivity (Wildman–Crippen MR) is 84.2 cm³/mol. The summed E-state index contributed by atoms with van der Waals surface area (Å²) in [4.78, 5) is 18.4. The molecule has 3 atom stereocenters. The molecule has 1 aromatic heterocycles. The van der Waals surface area contributed by atoms with Crippen LogP contribution >= 0.6 is 0 Å². The lowest BCUT2D eigenvalue weighted by Crippen LogP contribution is -2.43. The number of aromatic nitrogens is 3. The quantitative estimate of drug-likeness (QED) is 0.864. The van der Waals surface area contributed by atoms with E-state index >= 15 is 0 Å². The summed E-state index contributed by atoms with van der Waals surface area (Å²) in [6, 6.07) is 0.943. The van der Waals surface area contributed by atoms with Gasteiger partial charge in [-0.1, -0.05) is 6.92 Å². The van der Waals surface area contributed by atoms with E-state index in [4.69, 9.17) is 0 Å². The Bertz CT molecular complexity index is 475. The Morgan fingerprint density at radius 1 is 1.36 bits per heavy atom. The zero-order chi connectivity index (χ0) is 15.4. The first-order chi connectivity index (χ1) is 10.8. The summed E-state index contributed by atoms with van der Waals surface area (Å²) in [5, 5.41) is 7.65. The Morgan fingerprint density at radius 2 is 2.27 bits per heavy atom. The van der Waals surface area contributed by atoms with Crippen molar-refractivity contribution in [3.63, 3.8) is 0 Å². The van der Waals surface area contributed by atoms with Gasteiger partial charge < -0.3 is 10.2 Å². The third kappa shape index (κ3) is 3.66. The normalized spacial score (nSPS) is 28.4. The largest absolute Gasteiger partial charge is 0.339 e. The van der Waals surface area contributed by atoms with E-state index in [2.05, 4.69) is 27.2 Å². The van der Waals surface area contributed by atoms with Crippen LogP contribution in [0.5, 0.6) is 0 Å². The van der Waals surface area contributed by atoms with Crippen LogP contribution in [0.4, 0.5) is 0 Å². The van der Waals surface area contributed by atoms with Gasteiger partial charge in [0.05, 0.1) is 6.54 Å². The van der Waals surface area contributed by atoms with Crippen molar-refractivity contribution < 1.29 is 4.79 Å². The number of carbonyl (C=O) groups is 1. The lowest BCUT2D eigenvalue weighted by molar-refractivity contribution is -0.131. The fourth-order valence-electron chi connectivity index (χ4n) is 3.94. The van der Waals surface area contributed by atoms with Gasteiger partial charge in [0, 0.05) is 25.2 Å². The van der Waals surface area contributed by atoms with Crippen molar-refractivity contribution in [2.75, 3.05) is 13.1 Å². The molecule has 2 heterocycles. The number of amides is 1. The van der Waals surface area contributed by atoms with Crippen molar-refractivity contribution >= 4 is 5.91 Å². The highest BCUT2D eigenvalue weighted by molar-refractivity contribution is 5.78. The minimum Gasteiger partial charge on any atom is -0.339 e. The Labute approximate surface area is 132 Å². The SMILES string of the molecule is CC[C@@H]1CCCN1C(=O)CNC1CCC(Cn2cncn2)C1. The molecule has 6 nitrogen and oxygen atoms in total. The Morgan fingerprint density at radius 3 is 3.05 bits per heavy atom. The number of carbonyl (C=O) groups excluding carboxylic acids is 1. The number of hydrogen-bond acceptors (Lipinski definition) is 4. The van der Waals surface area contributed by atoms with Gasteiger partial charge in [-0.3, -0.25) is 9.48 Å². The maximum atomic E-state index is 12.4. The van der Waals surface area contributed by atoms with Crippen molar-refractivity contribution in [1.29, 1.82) is 0 Å². The number of nitrogens with zero attached hydrogens (tertiary/aromatic N) is 4. The first-order valence-electron chi connectivity index (χ1n) is 8.61. The van der Waals surface area contributed by atoms with Crippen LogP contribution < -0.4 is 5.32 Å². The van der Waals surface area contributed by atoms with Crippen LogP contribution in [-0.2, 0) is 11.3 Å². The predicted octanol–water partition coefficient (Wildman–Crippen LogP) is 1.44. The average Bonchev–Trinajstić information content (AvgIpc) is 3.26. The van der Waals surface area contributed by atoms with E-state index in [0.717, 1.165) is 38.8 Å². The van der Waals surface area contributed by atoms with Gasteiger partial charge in [0.15, 0.2) is 0 Å². The summed E-state index contributed by atoms with van der Waals surface area (Å²) in [7, 11) is 0. The second-order valence-electron chi connectivity index (χ2n) is 6.67. The van der Waals surface area contributed by atoms with E-state index in [9.17, 15) is 4.79 Å². The van der Waals surface area contributed by atoms with E-state index in [1.54, 1.807) is 12.7 Å². The zero-order valence-electron chi connectivity index (χ0n) is 13.4. The number of nitrogens with one attached hydrogen (secondary N) is 1. The number of hydrogen-bond donors (Lipinski definition) is 1. The molecule has 1 amide bonds. The fraction of sp³-hybridized carbons (Fsp3) is 0.812. The number of likely N-dealkylation sites (tertiary alicyclic amines) is 1. The summed E-state index contributed by atoms with van der Waals surface area (Å²) in [5.74, 6) is 0.925. The molecule has 2 unspecified atom stereocenters. The summed E-state index contributed by atoms with van der Waals surface area (Å²) < 4.78 is 1.91. The average molecular weight is 305 g/mol. The molecule has 2 fully saturated rings. The minimum absolute atomic E-state index is 0.282. The van der Waals surface area contributed by atoms with Crippen LogP contribution in [0.1, 0.15) is 45.4 Å². The standard InChI is InChI=1S/C16H27N5O/c1-2-15-4-3-7-21(15)16(22)9-18-14-6-5-13(8-14)10-20-12-17-11-19-20/h11-15,18H,2-10H2,1H3/t13?,14?,15-/m1/s1. The Kier molecular flexibility index (Phi) is 5.08. The highest BCUT2D eigenvalue weighted by atomic mass is 16.2. The van der Waals surface area contributed by atoms with Gasteiger partial charge in [0.1, 0.15) is 12.7 Å². The van der Waals surface area contributed by atoms with Crippen LogP contribution in [0.25, 0.3) is 0 Å². The first-order valence-corrected chi connectivity index (χ1v) is 8.61. The van der Waals surface area contributed by atoms with E-state index in [0.29, 0.717) is 24.5 Å². The van der Waals surface area contributed by atoms with E-state index in [1.807, 2.05) is 4.68 Å². The van der Waals surface area contributed by atoms with E-state index in [1.165, 1.54) is 12.8 Å². The summed E-state index contributed by atoms with van der Waals surface area (Å²) in [5.41, 5.74) is 0. The van der Waals surface area contributed by atoms with Crippen molar-refractivity contribution in [3.05, 3.63) is 12.7 Å². The molecule has 2 aliphatic rings. The van der Waals surface area contributed by atoms with Crippen LogP contribution in [0.3, 0.4) is 0 Å². The van der Waals surface area contributed by atoms with Crippen LogP contribution in [0.15, 0.2) is 12.7 Å². The van der Waals surface area contributed by atoms with Gasteiger partial charge in [-0.05, 0) is 44.4 Å². The van der Waals surface area contributed by atoms with Crippen LogP contribution in [-0.4, -0.2) is 50.7 Å². The molecular formula is C16H27N5O. The molecular weight excluding hydrogens is 278 g/mol. The molecule has 122 valence electrons. The molecule has 22 heavy (non-hydrogen) atoms. The lowest BCUT2D eigenvalue weighted by atomic mass is 10.1. The maximum absolute atomic E-state index is 12.4. The molecule has 1 aromatic rings. The lowest BCUT2D eigenvalue weighted by Gasteiger charge is -2.24. The minimum atomic E-state index is 0.282. The molecule has 1 N–H and O–H groups in total. The first kappa shape index (κ1) is 15.5. The fourth-order valence-corrected chi connectivity index (χ4v) is 3.94. The molecule has 1 saturated heterocycles. The Hall–Kier alpha value is -1.43. The van der Waals surface area contributed by atoms with Gasteiger partial charge in [-0.15, -0.1) is 0 Å². The smallest absolute Gasteiger partial charge is 0.236 e. The molecule has 1 aliphatic heterocycles. The monoisotopic (exact) mass is 305 g/mol. The van der Waals surface area contributed by atoms with Gasteiger partial charge in [0.2, 0.25) is 5.91 Å². The summed E-state index contributed by atoms with van der Waals surface area (Å²) >= 11 is 0. The number of rotatable bonds is 6. The van der Waals surface area contributed by atoms with Crippen molar-refractivity contribution in [3.8, 4) is 0 Å². The van der Waals surface area contributed by atoms with Crippen molar-refractivity contribution in [2.45, 2.75) is 64.1 Å². The second-order valence-corrected chi connectivity index (χ2v) is 6.67. The van der Waals surface area contributed by atoms with Crippen molar-refractivity contribution in [2.24, 2.45) is 5.92 Å². The molecule has 1 saturated carbocycles. The highest BCUT2D eigenvalue weighted by Gasteiger charge is 2.29. The molecule has 0 aromatic carbocycles. The molecule has 3 rings (SSSR count). The highest BCUT2D eigenvalue weighted by Crippen LogP contribution is 2.27. The topological polar surface area (TPSA) is 63.1 Å². The van der Waals surface area contributed by atoms with Crippen molar-refractivity contribution in [1.82, 2.24) is 25.0 Å². The second kappa shape index (κ2) is 7.22. The zero-order valence-corrected chi connectivity index (χ0v) is 13.4. The van der Waals surface area contributed by atoms with Gasteiger partial charge in [-0.2, -0.15) is 5.10 Å². The maximum Gasteiger partial charge on any atom is 0.236 e. The van der Waals surface area contributed by atoms with Crippen LogP contribution in [0.2, 0.25) is 0 Å². The third-order valence-electron chi connectivity index (χ3n) is 5.16. The van der Waals surface area contributed by atoms with E-state index in [-0.39, 0.29) is 5.91 Å². The summed E-state index contributed by atoms with van der Waals surface area (Å²) in [6.45, 7) is 4.56. The molecule has 0 spiro atoms. The van der Waals surface area contributed by atoms with Gasteiger partial charge in [-0.25, -0.2) is 4.98 Å². The molecule has 6 heteroatoms. The summed E-state index contributed by atoms with van der Waals surface area (Å²) in [6.07, 6.45) is 10.3.